The van der Waals surface area contributed by atoms with Gasteiger partial charge in [-0.25, -0.2) is 4.79 Å². The van der Waals surface area contributed by atoms with Crippen molar-refractivity contribution in [1.82, 2.24) is 9.97 Å². The molecule has 0 saturated carbocycles. The van der Waals surface area contributed by atoms with Gasteiger partial charge in [0.15, 0.2) is 5.78 Å². The van der Waals surface area contributed by atoms with Gasteiger partial charge in [0.2, 0.25) is 0 Å². The van der Waals surface area contributed by atoms with Gasteiger partial charge in [-0.1, -0.05) is 13.8 Å². The number of anilines is 1. The Balaban J connectivity index is 1.99. The number of carbonyl (C=O) groups excluding carboxylic acids is 1. The summed E-state index contributed by atoms with van der Waals surface area (Å²) in [6.07, 6.45) is 0.783. The highest BCUT2D eigenvalue weighted by atomic mass is 16.6. The maximum absolute atomic E-state index is 12.7. The maximum atomic E-state index is 12.7. The molecule has 0 radical (unpaired) electrons. The van der Waals surface area contributed by atoms with Gasteiger partial charge in [0, 0.05) is 6.42 Å². The van der Waals surface area contributed by atoms with E-state index in [1.807, 2.05) is 13.8 Å². The number of aromatic amines is 2. The molecule has 10 nitrogen and oxygen atoms in total. The fourth-order valence-corrected chi connectivity index (χ4v) is 3.84. The van der Waals surface area contributed by atoms with E-state index in [1.165, 1.54) is 12.1 Å². The van der Waals surface area contributed by atoms with E-state index in [2.05, 4.69) is 15.3 Å². The largest absolute Gasteiger partial charge is 0.433 e. The van der Waals surface area contributed by atoms with Crippen molar-refractivity contribution in [1.29, 1.82) is 0 Å². The van der Waals surface area contributed by atoms with Crippen molar-refractivity contribution in [2.75, 3.05) is 5.32 Å². The Morgan fingerprint density at radius 3 is 2.59 bits per heavy atom. The van der Waals surface area contributed by atoms with Crippen LogP contribution in [-0.4, -0.2) is 20.7 Å². The van der Waals surface area contributed by atoms with Crippen LogP contribution in [0.1, 0.15) is 43.9 Å². The molecule has 2 aromatic heterocycles. The minimum absolute atomic E-state index is 0.0969. The van der Waals surface area contributed by atoms with Crippen LogP contribution >= 0.6 is 0 Å². The van der Waals surface area contributed by atoms with E-state index >= 15 is 0 Å². The summed E-state index contributed by atoms with van der Waals surface area (Å²) in [6, 6.07) is 2.62. The highest BCUT2D eigenvalue weighted by Gasteiger charge is 2.43. The summed E-state index contributed by atoms with van der Waals surface area (Å²) < 4.78 is 5.36. The van der Waals surface area contributed by atoms with Crippen molar-refractivity contribution in [2.24, 2.45) is 5.41 Å². The Kier molecular flexibility index (Phi) is 3.48. The number of ketones is 1. The van der Waals surface area contributed by atoms with Gasteiger partial charge in [0.1, 0.15) is 16.5 Å². The van der Waals surface area contributed by atoms with Crippen LogP contribution in [0.25, 0.3) is 0 Å². The SMILES string of the molecule is CC1(C)CC(=O)C2=C(C1)C(c1ccc([N+](=O)[O-])o1)c1c([nH]c(=O)[nH]c1=O)N2. The van der Waals surface area contributed by atoms with E-state index in [9.17, 15) is 24.5 Å². The van der Waals surface area contributed by atoms with E-state index in [4.69, 9.17) is 4.42 Å². The number of nitrogens with zero attached hydrogens (tertiary/aromatic N) is 1. The van der Waals surface area contributed by atoms with Gasteiger partial charge in [-0.3, -0.25) is 29.7 Å². The quantitative estimate of drug-likeness (QED) is 0.536. The monoisotopic (exact) mass is 372 g/mol. The molecular weight excluding hydrogens is 356 g/mol. The van der Waals surface area contributed by atoms with Crippen LogP contribution < -0.4 is 16.6 Å². The number of Topliss-reactive ketones (excluding diaryl/α,β-unsaturated/α-hetero) is 1. The van der Waals surface area contributed by atoms with E-state index in [0.29, 0.717) is 24.1 Å². The molecule has 0 fully saturated rings. The molecule has 0 aromatic carbocycles. The molecule has 0 spiro atoms. The van der Waals surface area contributed by atoms with Gasteiger partial charge in [-0.15, -0.1) is 0 Å². The molecule has 1 unspecified atom stereocenters. The summed E-state index contributed by atoms with van der Waals surface area (Å²) in [4.78, 5) is 51.9. The fourth-order valence-electron chi connectivity index (χ4n) is 3.84. The van der Waals surface area contributed by atoms with Crippen molar-refractivity contribution < 1.29 is 14.1 Å². The van der Waals surface area contributed by atoms with Gasteiger partial charge in [-0.2, -0.15) is 0 Å². The molecule has 0 amide bonds. The fraction of sp³-hybridized carbons (Fsp3) is 0.353. The van der Waals surface area contributed by atoms with Gasteiger partial charge in [-0.05, 0) is 23.5 Å². The lowest BCUT2D eigenvalue weighted by Crippen LogP contribution is -2.38. The summed E-state index contributed by atoms with van der Waals surface area (Å²) in [5.41, 5.74) is -0.641. The molecule has 0 bridgehead atoms. The van der Waals surface area contributed by atoms with E-state index < -0.39 is 28.0 Å². The number of nitrogens with one attached hydrogen (secondary N) is 3. The van der Waals surface area contributed by atoms with E-state index in [0.717, 1.165) is 0 Å². The second-order valence-electron chi connectivity index (χ2n) is 7.53. The normalized spacial score (nSPS) is 20.7. The van der Waals surface area contributed by atoms with Crippen LogP contribution in [0.4, 0.5) is 11.7 Å². The third kappa shape index (κ3) is 2.69. The second-order valence-corrected chi connectivity index (χ2v) is 7.53. The number of nitro groups is 1. The molecule has 2 aliphatic rings. The summed E-state index contributed by atoms with van der Waals surface area (Å²) in [7, 11) is 0. The first kappa shape index (κ1) is 17.0. The smallest absolute Gasteiger partial charge is 0.405 e. The van der Waals surface area contributed by atoms with Crippen molar-refractivity contribution in [3.63, 3.8) is 0 Å². The molecule has 1 aliphatic carbocycles. The molecule has 1 aliphatic heterocycles. The molecule has 10 heteroatoms. The Hall–Kier alpha value is -3.43. The maximum Gasteiger partial charge on any atom is 0.433 e. The molecule has 3 heterocycles. The highest BCUT2D eigenvalue weighted by molar-refractivity contribution is 6.01. The number of rotatable bonds is 2. The number of hydrogen-bond donors (Lipinski definition) is 3. The van der Waals surface area contributed by atoms with E-state index in [1.54, 1.807) is 0 Å². The van der Waals surface area contributed by atoms with Gasteiger partial charge >= 0.3 is 11.6 Å². The molecule has 4 rings (SSSR count). The lowest BCUT2D eigenvalue weighted by molar-refractivity contribution is -0.402. The average Bonchev–Trinajstić information content (AvgIpc) is 3.02. The number of fused-ring (bicyclic) bond motifs is 1. The molecule has 2 aromatic rings. The first-order valence-electron chi connectivity index (χ1n) is 8.30. The summed E-state index contributed by atoms with van der Waals surface area (Å²) in [5.74, 6) is -1.16. The Morgan fingerprint density at radius 2 is 1.93 bits per heavy atom. The van der Waals surface area contributed by atoms with Gasteiger partial charge in [0.25, 0.3) is 5.56 Å². The molecular formula is C17H16N4O6. The summed E-state index contributed by atoms with van der Waals surface area (Å²) in [6.45, 7) is 3.87. The van der Waals surface area contributed by atoms with Crippen LogP contribution in [-0.2, 0) is 4.79 Å². The third-order valence-corrected chi connectivity index (χ3v) is 4.85. The number of furan rings is 1. The number of hydrogen-bond acceptors (Lipinski definition) is 7. The first-order chi connectivity index (χ1) is 12.7. The van der Waals surface area contributed by atoms with Crippen LogP contribution in [0.3, 0.4) is 0 Å². The molecule has 140 valence electrons. The average molecular weight is 372 g/mol. The van der Waals surface area contributed by atoms with Crippen LogP contribution in [0, 0.1) is 15.5 Å². The van der Waals surface area contributed by atoms with E-state index in [-0.39, 0.29) is 28.3 Å². The predicted octanol–water partition coefficient (Wildman–Crippen LogP) is 1.76. The molecule has 27 heavy (non-hydrogen) atoms. The molecule has 1 atom stereocenters. The lowest BCUT2D eigenvalue weighted by Gasteiger charge is -2.38. The Morgan fingerprint density at radius 1 is 1.19 bits per heavy atom. The lowest BCUT2D eigenvalue weighted by atomic mass is 9.69. The highest BCUT2D eigenvalue weighted by Crippen LogP contribution is 2.48. The Bertz CT molecular complexity index is 1130. The predicted molar refractivity (Wildman–Crippen MR) is 93.6 cm³/mol. The second kappa shape index (κ2) is 5.53. The van der Waals surface area contributed by atoms with Crippen LogP contribution in [0.15, 0.2) is 37.4 Å². The van der Waals surface area contributed by atoms with Crippen molar-refractivity contribution in [2.45, 2.75) is 32.6 Å². The number of allylic oxidation sites excluding steroid dienone is 2. The van der Waals surface area contributed by atoms with Crippen molar-refractivity contribution in [3.8, 4) is 0 Å². The number of H-pyrrole nitrogens is 2. The van der Waals surface area contributed by atoms with Gasteiger partial charge < -0.3 is 9.73 Å². The standard InChI is InChI=1S/C17H16N4O6/c1-17(2)5-7-11(9-3-4-10(27-9)21(25)26)12-14(18-13(7)8(22)6-17)19-16(24)20-15(12)23/h3-4,11H,5-6H2,1-2H3,(H3,18,19,20,23,24). The third-order valence-electron chi connectivity index (χ3n) is 4.85. The number of carbonyl (C=O) groups is 1. The first-order valence-corrected chi connectivity index (χ1v) is 8.30. The molecule has 0 saturated heterocycles. The molecule has 3 N–H and O–H groups in total. The minimum atomic E-state index is -0.811. The Labute approximate surface area is 151 Å². The number of aromatic nitrogens is 2. The van der Waals surface area contributed by atoms with Crippen molar-refractivity contribution >= 4 is 17.5 Å². The van der Waals surface area contributed by atoms with Gasteiger partial charge in [0.05, 0.1) is 23.2 Å². The van der Waals surface area contributed by atoms with Crippen molar-refractivity contribution in [3.05, 3.63) is 65.7 Å². The van der Waals surface area contributed by atoms with Crippen LogP contribution in [0.5, 0.6) is 0 Å². The topological polar surface area (TPSA) is 151 Å². The summed E-state index contributed by atoms with van der Waals surface area (Å²) in [5, 5.41) is 13.9. The zero-order valence-electron chi connectivity index (χ0n) is 14.5. The summed E-state index contributed by atoms with van der Waals surface area (Å²) >= 11 is 0. The zero-order valence-corrected chi connectivity index (χ0v) is 14.5. The van der Waals surface area contributed by atoms with Crippen LogP contribution in [0.2, 0.25) is 0 Å². The zero-order chi connectivity index (χ0) is 19.5. The minimum Gasteiger partial charge on any atom is -0.405 e.